The number of rotatable bonds is 7. The van der Waals surface area contributed by atoms with E-state index in [1.165, 1.54) is 44.6 Å². The van der Waals surface area contributed by atoms with Gasteiger partial charge in [0.25, 0.3) is 0 Å². The minimum atomic E-state index is 0.216. The van der Waals surface area contributed by atoms with Crippen molar-refractivity contribution < 1.29 is 4.79 Å². The van der Waals surface area contributed by atoms with E-state index >= 15 is 0 Å². The van der Waals surface area contributed by atoms with Gasteiger partial charge in [0, 0.05) is 6.42 Å². The standard InChI is InChI=1S/C22H36O/c1-6-9-20-21-16(7-2)10-11-17(12-13-18(23)8-3)19(21)14-15-22(20,4)5/h7-8,16-17,19-21H,2-3,6,9-15H2,1,4-5H3/t16?,17-,19?,20?,21?/m0/s1. The third-order valence-corrected chi connectivity index (χ3v) is 6.95. The summed E-state index contributed by atoms with van der Waals surface area (Å²) in [5.74, 6) is 4.03. The van der Waals surface area contributed by atoms with Crippen LogP contribution in [0.1, 0.15) is 72.1 Å². The van der Waals surface area contributed by atoms with Crippen LogP contribution in [0, 0.1) is 35.0 Å². The third kappa shape index (κ3) is 3.98. The molecule has 0 aromatic carbocycles. The molecule has 0 aromatic rings. The maximum atomic E-state index is 11.7. The Balaban J connectivity index is 2.19. The van der Waals surface area contributed by atoms with Crippen LogP contribution in [0.25, 0.3) is 0 Å². The molecule has 130 valence electrons. The zero-order valence-corrected chi connectivity index (χ0v) is 15.5. The van der Waals surface area contributed by atoms with Crippen LogP contribution in [-0.4, -0.2) is 5.78 Å². The molecule has 0 saturated heterocycles. The van der Waals surface area contributed by atoms with Gasteiger partial charge >= 0.3 is 0 Å². The molecule has 5 atom stereocenters. The highest BCUT2D eigenvalue weighted by atomic mass is 16.1. The fourth-order valence-corrected chi connectivity index (χ4v) is 5.67. The van der Waals surface area contributed by atoms with E-state index in [9.17, 15) is 4.79 Å². The molecule has 0 bridgehead atoms. The molecule has 1 nitrogen and oxygen atoms in total. The second-order valence-electron chi connectivity index (χ2n) is 8.61. The molecule has 2 rings (SSSR count). The smallest absolute Gasteiger partial charge is 0.155 e. The maximum absolute atomic E-state index is 11.7. The first-order valence-corrected chi connectivity index (χ1v) is 9.72. The molecule has 2 fully saturated rings. The first kappa shape index (κ1) is 18.5. The summed E-state index contributed by atoms with van der Waals surface area (Å²) in [6.45, 7) is 15.1. The Morgan fingerprint density at radius 1 is 1.17 bits per heavy atom. The van der Waals surface area contributed by atoms with Crippen molar-refractivity contribution in [1.82, 2.24) is 0 Å². The summed E-state index contributed by atoms with van der Waals surface area (Å²) in [4.78, 5) is 11.7. The van der Waals surface area contributed by atoms with Crippen LogP contribution < -0.4 is 0 Å². The summed E-state index contributed by atoms with van der Waals surface area (Å²) in [5.41, 5.74) is 0.456. The SMILES string of the molecule is C=CC(=O)CC[C@@H]1CCC(C=C)C2C1CCC(C)(C)C2CCC. The monoisotopic (exact) mass is 316 g/mol. The Morgan fingerprint density at radius 3 is 2.52 bits per heavy atom. The number of carbonyl (C=O) groups is 1. The van der Waals surface area contributed by atoms with E-state index in [4.69, 9.17) is 0 Å². The van der Waals surface area contributed by atoms with E-state index < -0.39 is 0 Å². The van der Waals surface area contributed by atoms with Crippen molar-refractivity contribution in [2.45, 2.75) is 72.1 Å². The molecule has 2 aliphatic rings. The van der Waals surface area contributed by atoms with Gasteiger partial charge in [-0.2, -0.15) is 0 Å². The predicted octanol–water partition coefficient (Wildman–Crippen LogP) is 6.20. The number of hydrogen-bond donors (Lipinski definition) is 0. The highest BCUT2D eigenvalue weighted by molar-refractivity contribution is 5.88. The molecule has 23 heavy (non-hydrogen) atoms. The average molecular weight is 317 g/mol. The molecule has 4 unspecified atom stereocenters. The number of hydrogen-bond acceptors (Lipinski definition) is 1. The summed E-state index contributed by atoms with van der Waals surface area (Å²) in [7, 11) is 0. The van der Waals surface area contributed by atoms with E-state index in [1.807, 2.05) is 0 Å². The Morgan fingerprint density at radius 2 is 1.91 bits per heavy atom. The van der Waals surface area contributed by atoms with Gasteiger partial charge in [-0.15, -0.1) is 6.58 Å². The van der Waals surface area contributed by atoms with Gasteiger partial charge in [-0.25, -0.2) is 0 Å². The fourth-order valence-electron chi connectivity index (χ4n) is 5.67. The van der Waals surface area contributed by atoms with Gasteiger partial charge in [-0.05, 0) is 79.6 Å². The van der Waals surface area contributed by atoms with E-state index in [0.29, 0.717) is 17.8 Å². The first-order chi connectivity index (χ1) is 10.9. The van der Waals surface area contributed by atoms with E-state index in [1.54, 1.807) is 0 Å². The Kier molecular flexibility index (Phi) is 6.28. The fraction of sp³-hybridized carbons (Fsp3) is 0.773. The third-order valence-electron chi connectivity index (χ3n) is 6.95. The second-order valence-corrected chi connectivity index (χ2v) is 8.61. The van der Waals surface area contributed by atoms with Crippen LogP contribution in [-0.2, 0) is 4.79 Å². The summed E-state index contributed by atoms with van der Waals surface area (Å²) in [5, 5.41) is 0. The molecule has 0 N–H and O–H groups in total. The highest BCUT2D eigenvalue weighted by Gasteiger charge is 2.49. The lowest BCUT2D eigenvalue weighted by atomic mass is 9.50. The number of allylic oxidation sites excluding steroid dienone is 2. The number of ketones is 1. The van der Waals surface area contributed by atoms with Crippen LogP contribution in [0.4, 0.5) is 0 Å². The summed E-state index contributed by atoms with van der Waals surface area (Å²) in [6, 6.07) is 0. The van der Waals surface area contributed by atoms with Crippen molar-refractivity contribution in [3.05, 3.63) is 25.3 Å². The highest BCUT2D eigenvalue weighted by Crippen LogP contribution is 2.57. The van der Waals surface area contributed by atoms with Gasteiger partial charge in [-0.3, -0.25) is 4.79 Å². The lowest BCUT2D eigenvalue weighted by molar-refractivity contribution is -0.115. The van der Waals surface area contributed by atoms with E-state index in [2.05, 4.69) is 40.0 Å². The Hall–Kier alpha value is -0.850. The molecular weight excluding hydrogens is 280 g/mol. The summed E-state index contributed by atoms with van der Waals surface area (Å²) in [6.07, 6.45) is 13.4. The minimum Gasteiger partial charge on any atom is -0.295 e. The van der Waals surface area contributed by atoms with Gasteiger partial charge < -0.3 is 0 Å². The van der Waals surface area contributed by atoms with Crippen LogP contribution in [0.3, 0.4) is 0 Å². The zero-order chi connectivity index (χ0) is 17.0. The van der Waals surface area contributed by atoms with Crippen molar-refractivity contribution in [2.24, 2.45) is 35.0 Å². The van der Waals surface area contributed by atoms with Crippen molar-refractivity contribution in [1.29, 1.82) is 0 Å². The maximum Gasteiger partial charge on any atom is 0.155 e. The molecule has 0 radical (unpaired) electrons. The summed E-state index contributed by atoms with van der Waals surface area (Å²) < 4.78 is 0. The molecule has 0 spiro atoms. The van der Waals surface area contributed by atoms with Crippen molar-refractivity contribution in [2.75, 3.05) is 0 Å². The molecule has 0 aliphatic heterocycles. The first-order valence-electron chi connectivity index (χ1n) is 9.72. The number of fused-ring (bicyclic) bond motifs is 1. The topological polar surface area (TPSA) is 17.1 Å². The van der Waals surface area contributed by atoms with Crippen LogP contribution in [0.15, 0.2) is 25.3 Å². The average Bonchev–Trinajstić information content (AvgIpc) is 2.54. The molecule has 0 heterocycles. The van der Waals surface area contributed by atoms with Gasteiger partial charge in [-0.1, -0.05) is 39.8 Å². The van der Waals surface area contributed by atoms with Gasteiger partial charge in [0.15, 0.2) is 5.78 Å². The van der Waals surface area contributed by atoms with Gasteiger partial charge in [0.05, 0.1) is 0 Å². The normalized spacial score (nSPS) is 36.0. The lowest BCUT2D eigenvalue weighted by Gasteiger charge is -2.55. The largest absolute Gasteiger partial charge is 0.295 e. The van der Waals surface area contributed by atoms with Crippen molar-refractivity contribution in [3.63, 3.8) is 0 Å². The molecular formula is C22H36O. The minimum absolute atomic E-state index is 0.216. The van der Waals surface area contributed by atoms with Crippen LogP contribution in [0.5, 0.6) is 0 Å². The van der Waals surface area contributed by atoms with Crippen LogP contribution >= 0.6 is 0 Å². The van der Waals surface area contributed by atoms with Crippen molar-refractivity contribution in [3.8, 4) is 0 Å². The van der Waals surface area contributed by atoms with Gasteiger partial charge in [0.1, 0.15) is 0 Å². The van der Waals surface area contributed by atoms with E-state index in [0.717, 1.165) is 30.1 Å². The van der Waals surface area contributed by atoms with Crippen LogP contribution in [0.2, 0.25) is 0 Å². The predicted molar refractivity (Wildman–Crippen MR) is 99.2 cm³/mol. The molecule has 0 amide bonds. The quantitative estimate of drug-likeness (QED) is 0.403. The second kappa shape index (κ2) is 7.81. The molecule has 0 aromatic heterocycles. The zero-order valence-electron chi connectivity index (χ0n) is 15.5. The molecule has 2 saturated carbocycles. The Labute approximate surface area is 143 Å². The lowest BCUT2D eigenvalue weighted by Crippen LogP contribution is -2.47. The Bertz CT molecular complexity index is 433. The number of carbonyl (C=O) groups excluding carboxylic acids is 1. The summed E-state index contributed by atoms with van der Waals surface area (Å²) >= 11 is 0. The van der Waals surface area contributed by atoms with Gasteiger partial charge in [0.2, 0.25) is 0 Å². The molecule has 1 heteroatoms. The molecule has 2 aliphatic carbocycles. The van der Waals surface area contributed by atoms with Crippen molar-refractivity contribution >= 4 is 5.78 Å². The van der Waals surface area contributed by atoms with E-state index in [-0.39, 0.29) is 5.78 Å².